The topological polar surface area (TPSA) is 70.4 Å². The zero-order valence-corrected chi connectivity index (χ0v) is 24.0. The molecule has 0 amide bonds. The molecule has 0 saturated carbocycles. The highest BCUT2D eigenvalue weighted by Crippen LogP contribution is 2.36. The molecule has 6 heteroatoms. The first kappa shape index (κ1) is 28.9. The van der Waals surface area contributed by atoms with Crippen LogP contribution in [0.2, 0.25) is 5.02 Å². The van der Waals surface area contributed by atoms with Crippen molar-refractivity contribution in [2.75, 3.05) is 5.75 Å². The summed E-state index contributed by atoms with van der Waals surface area (Å²) < 4.78 is 0. The van der Waals surface area contributed by atoms with E-state index in [1.165, 1.54) is 0 Å². The zero-order valence-electron chi connectivity index (χ0n) is 22.5. The van der Waals surface area contributed by atoms with Crippen molar-refractivity contribution in [3.8, 4) is 0 Å². The van der Waals surface area contributed by atoms with Gasteiger partial charge in [-0.05, 0) is 73.2 Å². The van der Waals surface area contributed by atoms with Gasteiger partial charge in [-0.15, -0.1) is 0 Å². The maximum atomic E-state index is 11.5. The second kappa shape index (κ2) is 12.8. The summed E-state index contributed by atoms with van der Waals surface area (Å²) in [5.74, 6) is -0.692. The number of benzene rings is 3. The SMILES string of the molecule is C[C@@H](CS[C@@H](CCc1ccccc1C(C)(C)O)c1cccc(C=Cc2ccc3ccc(Cl)cc3n2)c1)C(=O)O. The lowest BCUT2D eigenvalue weighted by Gasteiger charge is -2.23. The Morgan fingerprint density at radius 3 is 2.56 bits per heavy atom. The fourth-order valence-electron chi connectivity index (χ4n) is 4.54. The Kier molecular flexibility index (Phi) is 9.49. The number of aliphatic carboxylic acids is 1. The van der Waals surface area contributed by atoms with E-state index in [-0.39, 0.29) is 5.25 Å². The maximum Gasteiger partial charge on any atom is 0.307 e. The highest BCUT2D eigenvalue weighted by atomic mass is 35.5. The molecular weight excluding hydrogens is 526 g/mol. The van der Waals surface area contributed by atoms with Gasteiger partial charge >= 0.3 is 5.97 Å². The van der Waals surface area contributed by atoms with Gasteiger partial charge in [-0.3, -0.25) is 4.79 Å². The van der Waals surface area contributed by atoms with E-state index in [1.807, 2.05) is 66.7 Å². The molecule has 0 saturated heterocycles. The maximum absolute atomic E-state index is 11.5. The summed E-state index contributed by atoms with van der Waals surface area (Å²) >= 11 is 7.82. The molecule has 2 atom stereocenters. The molecule has 4 nitrogen and oxygen atoms in total. The summed E-state index contributed by atoms with van der Waals surface area (Å²) in [4.78, 5) is 16.2. The average molecular weight is 560 g/mol. The number of pyridine rings is 1. The van der Waals surface area contributed by atoms with Crippen molar-refractivity contribution in [2.24, 2.45) is 5.92 Å². The van der Waals surface area contributed by atoms with Crippen molar-refractivity contribution >= 4 is 52.4 Å². The Bertz CT molecular complexity index is 1480. The molecule has 2 N–H and O–H groups in total. The molecule has 0 bridgehead atoms. The van der Waals surface area contributed by atoms with Gasteiger partial charge < -0.3 is 10.2 Å². The van der Waals surface area contributed by atoms with Crippen LogP contribution in [0.25, 0.3) is 23.1 Å². The van der Waals surface area contributed by atoms with Gasteiger partial charge in [0.05, 0.1) is 22.7 Å². The highest BCUT2D eigenvalue weighted by Gasteiger charge is 2.22. The third-order valence-electron chi connectivity index (χ3n) is 6.73. The van der Waals surface area contributed by atoms with E-state index >= 15 is 0 Å². The fraction of sp³-hybridized carbons (Fsp3) is 0.273. The predicted molar refractivity (Wildman–Crippen MR) is 164 cm³/mol. The molecule has 3 aromatic carbocycles. The number of carbonyl (C=O) groups is 1. The Morgan fingerprint density at radius 2 is 1.79 bits per heavy atom. The van der Waals surface area contributed by atoms with Crippen LogP contribution in [0, 0.1) is 5.92 Å². The molecule has 0 fully saturated rings. The first-order chi connectivity index (χ1) is 18.6. The van der Waals surface area contributed by atoms with E-state index in [4.69, 9.17) is 16.6 Å². The van der Waals surface area contributed by atoms with Gasteiger partial charge in [0.15, 0.2) is 0 Å². The molecule has 0 radical (unpaired) electrons. The molecule has 0 aliphatic carbocycles. The molecule has 4 aromatic rings. The largest absolute Gasteiger partial charge is 0.481 e. The minimum Gasteiger partial charge on any atom is -0.481 e. The van der Waals surface area contributed by atoms with E-state index in [0.29, 0.717) is 10.8 Å². The number of aryl methyl sites for hydroxylation is 1. The molecule has 39 heavy (non-hydrogen) atoms. The minimum absolute atomic E-state index is 0.107. The van der Waals surface area contributed by atoms with Crippen molar-refractivity contribution < 1.29 is 15.0 Å². The van der Waals surface area contributed by atoms with E-state index in [2.05, 4.69) is 24.3 Å². The van der Waals surface area contributed by atoms with Crippen molar-refractivity contribution in [1.29, 1.82) is 0 Å². The van der Waals surface area contributed by atoms with Crippen LogP contribution >= 0.6 is 23.4 Å². The molecule has 202 valence electrons. The number of carboxylic acid groups (broad SMARTS) is 1. The number of hydrogen-bond acceptors (Lipinski definition) is 4. The average Bonchev–Trinajstić information content (AvgIpc) is 2.91. The number of nitrogens with zero attached hydrogens (tertiary/aromatic N) is 1. The monoisotopic (exact) mass is 559 g/mol. The molecule has 1 aromatic heterocycles. The van der Waals surface area contributed by atoms with Crippen molar-refractivity contribution in [3.63, 3.8) is 0 Å². The summed E-state index contributed by atoms with van der Waals surface area (Å²) in [7, 11) is 0. The number of fused-ring (bicyclic) bond motifs is 1. The zero-order chi connectivity index (χ0) is 28.0. The van der Waals surface area contributed by atoms with Crippen LogP contribution in [0.3, 0.4) is 0 Å². The van der Waals surface area contributed by atoms with E-state index in [0.717, 1.165) is 51.7 Å². The second-order valence-corrected chi connectivity index (χ2v) is 12.1. The van der Waals surface area contributed by atoms with Crippen LogP contribution in [-0.4, -0.2) is 26.9 Å². The number of hydrogen-bond donors (Lipinski definition) is 2. The van der Waals surface area contributed by atoms with Gasteiger partial charge in [0, 0.05) is 21.4 Å². The number of thioether (sulfide) groups is 1. The first-order valence-corrected chi connectivity index (χ1v) is 14.5. The Labute approximate surface area is 239 Å². The lowest BCUT2D eigenvalue weighted by atomic mass is 9.90. The number of aromatic nitrogens is 1. The normalized spacial score (nSPS) is 13.6. The van der Waals surface area contributed by atoms with Gasteiger partial charge in [-0.1, -0.05) is 85.3 Å². The summed E-state index contributed by atoms with van der Waals surface area (Å²) in [6.45, 7) is 5.36. The minimum atomic E-state index is -0.927. The summed E-state index contributed by atoms with van der Waals surface area (Å²) in [6.07, 6.45) is 5.65. The lowest BCUT2D eigenvalue weighted by molar-refractivity contribution is -0.140. The predicted octanol–water partition coefficient (Wildman–Crippen LogP) is 8.41. The van der Waals surface area contributed by atoms with Gasteiger partial charge in [0.25, 0.3) is 0 Å². The fourth-order valence-corrected chi connectivity index (χ4v) is 6.00. The van der Waals surface area contributed by atoms with Crippen LogP contribution in [0.4, 0.5) is 0 Å². The number of carboxylic acids is 1. The van der Waals surface area contributed by atoms with Gasteiger partial charge in [-0.25, -0.2) is 4.98 Å². The smallest absolute Gasteiger partial charge is 0.307 e. The lowest BCUT2D eigenvalue weighted by Crippen LogP contribution is -2.18. The van der Waals surface area contributed by atoms with Crippen LogP contribution in [0.5, 0.6) is 0 Å². The van der Waals surface area contributed by atoms with Crippen molar-refractivity contribution in [1.82, 2.24) is 4.98 Å². The number of aliphatic hydroxyl groups is 1. The third kappa shape index (κ3) is 7.95. The number of halogens is 1. The second-order valence-electron chi connectivity index (χ2n) is 10.4. The quantitative estimate of drug-likeness (QED) is 0.193. The molecule has 0 spiro atoms. The molecular formula is C33H34ClNO3S. The van der Waals surface area contributed by atoms with E-state index in [9.17, 15) is 15.0 Å². The first-order valence-electron chi connectivity index (χ1n) is 13.1. The van der Waals surface area contributed by atoms with Crippen molar-refractivity contribution in [2.45, 2.75) is 44.5 Å². The molecule has 0 unspecified atom stereocenters. The van der Waals surface area contributed by atoms with Gasteiger partial charge in [0.1, 0.15) is 0 Å². The van der Waals surface area contributed by atoms with Gasteiger partial charge in [0.2, 0.25) is 0 Å². The molecule has 0 aliphatic rings. The van der Waals surface area contributed by atoms with Crippen LogP contribution in [-0.2, 0) is 16.8 Å². The molecule has 1 heterocycles. The Hall–Kier alpha value is -3.12. The van der Waals surface area contributed by atoms with Crippen LogP contribution in [0.1, 0.15) is 60.4 Å². The Morgan fingerprint density at radius 1 is 1.03 bits per heavy atom. The highest BCUT2D eigenvalue weighted by molar-refractivity contribution is 7.99. The third-order valence-corrected chi connectivity index (χ3v) is 8.56. The van der Waals surface area contributed by atoms with Crippen LogP contribution < -0.4 is 0 Å². The molecule has 0 aliphatic heterocycles. The van der Waals surface area contributed by atoms with Gasteiger partial charge in [-0.2, -0.15) is 11.8 Å². The summed E-state index contributed by atoms with van der Waals surface area (Å²) in [5.41, 5.74) is 5.01. The van der Waals surface area contributed by atoms with E-state index < -0.39 is 17.5 Å². The number of rotatable bonds is 11. The van der Waals surface area contributed by atoms with Crippen LogP contribution in [0.15, 0.2) is 78.9 Å². The molecule has 4 rings (SSSR count). The Balaban J connectivity index is 1.56. The van der Waals surface area contributed by atoms with Crippen molar-refractivity contribution in [3.05, 3.63) is 112 Å². The summed E-state index contributed by atoms with van der Waals surface area (Å²) in [6, 6.07) is 26.1. The summed E-state index contributed by atoms with van der Waals surface area (Å²) in [5, 5.41) is 21.9. The standard InChI is InChI=1S/C33H34ClNO3S/c1-22(32(36)37)21-39-31(18-14-24-8-4-5-10-29(24)33(2,3)38)26-9-6-7-23(19-26)11-16-28-17-13-25-12-15-27(34)20-30(25)35-28/h4-13,15-17,19-20,22,31,38H,14,18,21H2,1-3H3,(H,36,37)/t22-,31-/m0/s1. The van der Waals surface area contributed by atoms with E-state index in [1.54, 1.807) is 32.5 Å².